The summed E-state index contributed by atoms with van der Waals surface area (Å²) in [4.78, 5) is 39.6. The molecular weight excluding hydrogens is 440 g/mol. The van der Waals surface area contributed by atoms with Crippen molar-refractivity contribution in [1.29, 1.82) is 0 Å². The molecule has 0 radical (unpaired) electrons. The van der Waals surface area contributed by atoms with Crippen molar-refractivity contribution in [3.05, 3.63) is 72.8 Å². The summed E-state index contributed by atoms with van der Waals surface area (Å²) in [6.07, 6.45) is 1.66. The van der Waals surface area contributed by atoms with Gasteiger partial charge in [-0.1, -0.05) is 29.4 Å². The van der Waals surface area contributed by atoms with E-state index >= 15 is 0 Å². The minimum atomic E-state index is -0.232. The molecule has 1 atom stereocenters. The SMILES string of the molecule is C=CCn1c(SC(C)c2nc3sc(C)c(C)c3c(=O)[nH]2)nc2cc(Cl)ccc2c1=O. The summed E-state index contributed by atoms with van der Waals surface area (Å²) in [5.41, 5.74) is 1.19. The number of nitrogens with one attached hydrogen (secondary N) is 1. The zero-order valence-electron chi connectivity index (χ0n) is 16.7. The second-order valence-corrected chi connectivity index (χ2v) is 9.88. The molecule has 0 spiro atoms. The summed E-state index contributed by atoms with van der Waals surface area (Å²) in [6.45, 7) is 9.91. The molecule has 3 aromatic heterocycles. The molecule has 4 rings (SSSR count). The van der Waals surface area contributed by atoms with Crippen LogP contribution >= 0.6 is 34.7 Å². The highest BCUT2D eigenvalue weighted by Crippen LogP contribution is 2.34. The Morgan fingerprint density at radius 3 is 2.83 bits per heavy atom. The van der Waals surface area contributed by atoms with E-state index in [9.17, 15) is 9.59 Å². The van der Waals surface area contributed by atoms with Gasteiger partial charge in [0.1, 0.15) is 10.7 Å². The van der Waals surface area contributed by atoms with E-state index in [4.69, 9.17) is 11.6 Å². The number of nitrogens with zero attached hydrogens (tertiary/aromatic N) is 3. The van der Waals surface area contributed by atoms with Gasteiger partial charge >= 0.3 is 0 Å². The van der Waals surface area contributed by atoms with Crippen molar-refractivity contribution in [1.82, 2.24) is 19.5 Å². The van der Waals surface area contributed by atoms with Crippen LogP contribution < -0.4 is 11.1 Å². The third kappa shape index (κ3) is 3.59. The molecule has 0 bridgehead atoms. The van der Waals surface area contributed by atoms with Crippen LogP contribution in [0.4, 0.5) is 0 Å². The standard InChI is InChI=1S/C21H19ClN4O2S2/c1-5-8-26-20(28)14-7-6-13(22)9-15(14)23-21(26)30-12(4)17-24-18(27)16-10(2)11(3)29-19(16)25-17/h5-7,9,12H,1,8H2,2-4H3,(H,24,25,27). The van der Waals surface area contributed by atoms with Crippen molar-refractivity contribution >= 4 is 55.8 Å². The van der Waals surface area contributed by atoms with Crippen molar-refractivity contribution in [2.45, 2.75) is 37.7 Å². The molecule has 3 heterocycles. The number of hydrogen-bond donors (Lipinski definition) is 1. The first-order chi connectivity index (χ1) is 14.3. The molecule has 30 heavy (non-hydrogen) atoms. The summed E-state index contributed by atoms with van der Waals surface area (Å²) in [5, 5.41) is 1.93. The van der Waals surface area contributed by atoms with Crippen LogP contribution in [-0.4, -0.2) is 19.5 Å². The normalized spacial score (nSPS) is 12.5. The van der Waals surface area contributed by atoms with Crippen LogP contribution in [0.1, 0.15) is 28.4 Å². The van der Waals surface area contributed by atoms with Gasteiger partial charge in [-0.05, 0) is 44.5 Å². The maximum atomic E-state index is 13.0. The highest BCUT2D eigenvalue weighted by molar-refractivity contribution is 7.99. The molecule has 0 amide bonds. The highest BCUT2D eigenvalue weighted by Gasteiger charge is 2.19. The average Bonchev–Trinajstić information content (AvgIpc) is 2.98. The number of H-pyrrole nitrogens is 1. The fraction of sp³-hybridized carbons (Fsp3) is 0.238. The maximum Gasteiger partial charge on any atom is 0.262 e. The van der Waals surface area contributed by atoms with Crippen molar-refractivity contribution in [3.63, 3.8) is 0 Å². The molecule has 6 nitrogen and oxygen atoms in total. The van der Waals surface area contributed by atoms with E-state index in [-0.39, 0.29) is 16.4 Å². The first-order valence-electron chi connectivity index (χ1n) is 9.27. The van der Waals surface area contributed by atoms with Crippen LogP contribution in [0.15, 0.2) is 45.6 Å². The lowest BCUT2D eigenvalue weighted by Gasteiger charge is -2.15. The number of thioether (sulfide) groups is 1. The van der Waals surface area contributed by atoms with Crippen molar-refractivity contribution in [3.8, 4) is 0 Å². The van der Waals surface area contributed by atoms with Gasteiger partial charge in [-0.3, -0.25) is 14.2 Å². The molecule has 0 fully saturated rings. The van der Waals surface area contributed by atoms with Crippen LogP contribution in [0.5, 0.6) is 0 Å². The number of fused-ring (bicyclic) bond motifs is 2. The molecule has 0 saturated carbocycles. The van der Waals surface area contributed by atoms with Gasteiger partial charge in [0.2, 0.25) is 0 Å². The Kier molecular flexibility index (Phi) is 5.57. The van der Waals surface area contributed by atoms with Crippen LogP contribution in [-0.2, 0) is 6.54 Å². The largest absolute Gasteiger partial charge is 0.309 e. The monoisotopic (exact) mass is 458 g/mol. The summed E-state index contributed by atoms with van der Waals surface area (Å²) in [6, 6.07) is 5.03. The number of hydrogen-bond acceptors (Lipinski definition) is 6. The van der Waals surface area contributed by atoms with Gasteiger partial charge < -0.3 is 4.98 Å². The van der Waals surface area contributed by atoms with Crippen LogP contribution in [0, 0.1) is 13.8 Å². The van der Waals surface area contributed by atoms with E-state index in [1.807, 2.05) is 20.8 Å². The van der Waals surface area contributed by atoms with Gasteiger partial charge in [-0.15, -0.1) is 17.9 Å². The molecule has 154 valence electrons. The van der Waals surface area contributed by atoms with Crippen LogP contribution in [0.25, 0.3) is 21.1 Å². The molecule has 0 saturated heterocycles. The van der Waals surface area contributed by atoms with E-state index in [0.29, 0.717) is 38.8 Å². The average molecular weight is 459 g/mol. The van der Waals surface area contributed by atoms with Gasteiger partial charge in [0.25, 0.3) is 11.1 Å². The minimum absolute atomic E-state index is 0.147. The number of halogens is 1. The van der Waals surface area contributed by atoms with Gasteiger partial charge in [-0.2, -0.15) is 0 Å². The molecular formula is C21H19ClN4O2S2. The third-order valence-electron chi connectivity index (χ3n) is 4.92. The minimum Gasteiger partial charge on any atom is -0.309 e. The Labute approximate surface area is 185 Å². The van der Waals surface area contributed by atoms with E-state index in [2.05, 4.69) is 21.5 Å². The van der Waals surface area contributed by atoms with E-state index in [0.717, 1.165) is 15.3 Å². The second-order valence-electron chi connectivity index (χ2n) is 6.93. The molecule has 0 aliphatic rings. The number of thiophene rings is 1. The third-order valence-corrected chi connectivity index (χ3v) is 7.35. The molecule has 4 aromatic rings. The van der Waals surface area contributed by atoms with E-state index < -0.39 is 0 Å². The Morgan fingerprint density at radius 2 is 2.10 bits per heavy atom. The zero-order chi connectivity index (χ0) is 21.6. The first-order valence-corrected chi connectivity index (χ1v) is 11.3. The molecule has 1 N–H and O–H groups in total. The topological polar surface area (TPSA) is 80.6 Å². The number of allylic oxidation sites excluding steroid dienone is 1. The fourth-order valence-electron chi connectivity index (χ4n) is 3.23. The number of aromatic nitrogens is 4. The predicted octanol–water partition coefficient (Wildman–Crippen LogP) is 5.00. The van der Waals surface area contributed by atoms with Crippen molar-refractivity contribution in [2.24, 2.45) is 0 Å². The second kappa shape index (κ2) is 8.02. The smallest absolute Gasteiger partial charge is 0.262 e. The Morgan fingerprint density at radius 1 is 1.33 bits per heavy atom. The van der Waals surface area contributed by atoms with Crippen molar-refractivity contribution < 1.29 is 0 Å². The maximum absolute atomic E-state index is 13.0. The van der Waals surface area contributed by atoms with E-state index in [1.54, 1.807) is 28.8 Å². The van der Waals surface area contributed by atoms with Crippen molar-refractivity contribution in [2.75, 3.05) is 0 Å². The molecule has 0 aliphatic carbocycles. The number of rotatable bonds is 5. The fourth-order valence-corrected chi connectivity index (χ4v) is 5.41. The molecule has 0 aliphatic heterocycles. The molecule has 1 unspecified atom stereocenters. The first kappa shape index (κ1) is 20.8. The van der Waals surface area contributed by atoms with Gasteiger partial charge in [0.15, 0.2) is 5.16 Å². The predicted molar refractivity (Wildman–Crippen MR) is 125 cm³/mol. The Balaban J connectivity index is 1.81. The highest BCUT2D eigenvalue weighted by atomic mass is 35.5. The molecule has 1 aromatic carbocycles. The number of benzene rings is 1. The Bertz CT molecular complexity index is 1420. The van der Waals surface area contributed by atoms with E-state index in [1.165, 1.54) is 23.1 Å². The summed E-state index contributed by atoms with van der Waals surface area (Å²) < 4.78 is 1.57. The number of aryl methyl sites for hydroxylation is 2. The summed E-state index contributed by atoms with van der Waals surface area (Å²) in [7, 11) is 0. The van der Waals surface area contributed by atoms with Crippen LogP contribution in [0.3, 0.4) is 0 Å². The lowest BCUT2D eigenvalue weighted by Crippen LogP contribution is -2.23. The number of aromatic amines is 1. The zero-order valence-corrected chi connectivity index (χ0v) is 19.0. The lowest BCUT2D eigenvalue weighted by atomic mass is 10.2. The Hall–Kier alpha value is -2.42. The van der Waals surface area contributed by atoms with Gasteiger partial charge in [0.05, 0.1) is 21.5 Å². The van der Waals surface area contributed by atoms with Crippen LogP contribution in [0.2, 0.25) is 5.02 Å². The quantitative estimate of drug-likeness (QED) is 0.258. The van der Waals surface area contributed by atoms with Gasteiger partial charge in [0, 0.05) is 16.4 Å². The van der Waals surface area contributed by atoms with Gasteiger partial charge in [-0.25, -0.2) is 9.97 Å². The summed E-state index contributed by atoms with van der Waals surface area (Å²) >= 11 is 8.96. The molecule has 9 heteroatoms. The lowest BCUT2D eigenvalue weighted by molar-refractivity contribution is 0.669. The summed E-state index contributed by atoms with van der Waals surface area (Å²) in [5.74, 6) is 0.546.